The smallest absolute Gasteiger partial charge is 0.315 e. The normalized spacial score (nSPS) is 37.7. The van der Waals surface area contributed by atoms with E-state index >= 15 is 0 Å². The molecule has 198 valence electrons. The molecule has 6 rings (SSSR count). The minimum absolute atomic E-state index is 0.000998. The van der Waals surface area contributed by atoms with Crippen molar-refractivity contribution in [1.82, 2.24) is 10.6 Å². The van der Waals surface area contributed by atoms with E-state index in [1.165, 1.54) is 19.3 Å². The Balaban J connectivity index is 1.12. The summed E-state index contributed by atoms with van der Waals surface area (Å²) in [5.74, 6) is 1.61. The monoisotopic (exact) mass is 495 g/mol. The number of carbonyl (C=O) groups excluding carboxylic acids is 2. The van der Waals surface area contributed by atoms with E-state index in [-0.39, 0.29) is 35.5 Å². The van der Waals surface area contributed by atoms with Crippen LogP contribution in [0.15, 0.2) is 24.3 Å². The van der Waals surface area contributed by atoms with Crippen molar-refractivity contribution in [3.8, 4) is 5.75 Å². The first kappa shape index (κ1) is 25.4. The minimum Gasteiger partial charge on any atom is -0.490 e. The molecule has 36 heavy (non-hydrogen) atoms. The van der Waals surface area contributed by atoms with Gasteiger partial charge < -0.3 is 20.7 Å². The van der Waals surface area contributed by atoms with Gasteiger partial charge in [0.25, 0.3) is 0 Å². The lowest BCUT2D eigenvalue weighted by Gasteiger charge is -2.65. The average molecular weight is 496 g/mol. The van der Waals surface area contributed by atoms with E-state index in [0.29, 0.717) is 10.8 Å². The number of hydrogen-bond donors (Lipinski definition) is 3. The zero-order chi connectivity index (χ0) is 25.6. The van der Waals surface area contributed by atoms with E-state index < -0.39 is 0 Å². The predicted molar refractivity (Wildman–Crippen MR) is 143 cm³/mol. The summed E-state index contributed by atoms with van der Waals surface area (Å²) in [6.45, 7) is 8.84. The lowest BCUT2D eigenvalue weighted by molar-refractivity contribution is -0.119. The molecular formula is C30H45N3O3. The first-order valence-corrected chi connectivity index (χ1v) is 14.2. The molecular weight excluding hydrogens is 450 g/mol. The Hall–Kier alpha value is -2.24. The zero-order valence-corrected chi connectivity index (χ0v) is 22.6. The molecule has 3 N–H and O–H groups in total. The highest BCUT2D eigenvalue weighted by Gasteiger charge is 2.60. The van der Waals surface area contributed by atoms with Crippen LogP contribution in [-0.2, 0) is 4.79 Å². The van der Waals surface area contributed by atoms with E-state index in [9.17, 15) is 9.59 Å². The summed E-state index contributed by atoms with van der Waals surface area (Å²) in [6.07, 6.45) is 12.2. The summed E-state index contributed by atoms with van der Waals surface area (Å²) >= 11 is 0. The highest BCUT2D eigenvalue weighted by atomic mass is 16.5. The first-order valence-electron chi connectivity index (χ1n) is 14.2. The van der Waals surface area contributed by atoms with E-state index in [1.54, 1.807) is 0 Å². The SMILES string of the molecule is CCC(C)C(=O)Nc1ccc(OC2CCCC(NC(=O)NC34CC5C[C@@](C)(C3)C[C@](C)(C5)C4)C2)cc1. The van der Waals surface area contributed by atoms with Crippen LogP contribution in [0.4, 0.5) is 10.5 Å². The lowest BCUT2D eigenvalue weighted by atomic mass is 9.43. The topological polar surface area (TPSA) is 79.5 Å². The van der Waals surface area contributed by atoms with Crippen LogP contribution in [0.25, 0.3) is 0 Å². The van der Waals surface area contributed by atoms with Crippen molar-refractivity contribution in [2.45, 2.75) is 116 Å². The van der Waals surface area contributed by atoms with Gasteiger partial charge in [0.2, 0.25) is 5.91 Å². The van der Waals surface area contributed by atoms with Crippen LogP contribution in [0, 0.1) is 22.7 Å². The Morgan fingerprint density at radius 1 is 1.03 bits per heavy atom. The second-order valence-electron chi connectivity index (χ2n) is 13.4. The largest absolute Gasteiger partial charge is 0.490 e. The third-order valence-electron chi connectivity index (χ3n) is 9.45. The molecule has 0 radical (unpaired) electrons. The summed E-state index contributed by atoms with van der Waals surface area (Å²) in [7, 11) is 0. The first-order chi connectivity index (χ1) is 17.1. The van der Waals surface area contributed by atoms with Gasteiger partial charge in [0.1, 0.15) is 11.9 Å². The number of carbonyl (C=O) groups is 2. The maximum absolute atomic E-state index is 13.2. The summed E-state index contributed by atoms with van der Waals surface area (Å²) in [4.78, 5) is 25.3. The van der Waals surface area contributed by atoms with Crippen molar-refractivity contribution in [3.05, 3.63) is 24.3 Å². The highest BCUT2D eigenvalue weighted by Crippen LogP contribution is 2.66. The van der Waals surface area contributed by atoms with Gasteiger partial charge in [0.15, 0.2) is 0 Å². The molecule has 0 aliphatic heterocycles. The molecule has 5 saturated carbocycles. The molecule has 0 heterocycles. The zero-order valence-electron chi connectivity index (χ0n) is 22.6. The molecule has 6 heteroatoms. The molecule has 0 spiro atoms. The number of ether oxygens (including phenoxy) is 1. The van der Waals surface area contributed by atoms with Crippen LogP contribution in [0.3, 0.4) is 0 Å². The third-order valence-corrected chi connectivity index (χ3v) is 9.45. The summed E-state index contributed by atoms with van der Waals surface area (Å²) < 4.78 is 6.27. The summed E-state index contributed by atoms with van der Waals surface area (Å²) in [5.41, 5.74) is 1.54. The minimum atomic E-state index is -0.0242. The van der Waals surface area contributed by atoms with Crippen molar-refractivity contribution in [3.63, 3.8) is 0 Å². The van der Waals surface area contributed by atoms with Crippen molar-refractivity contribution < 1.29 is 14.3 Å². The molecule has 5 aliphatic rings. The number of amides is 3. The Morgan fingerprint density at radius 2 is 1.72 bits per heavy atom. The van der Waals surface area contributed by atoms with E-state index in [2.05, 4.69) is 29.8 Å². The van der Waals surface area contributed by atoms with E-state index in [1.807, 2.05) is 38.1 Å². The van der Waals surface area contributed by atoms with Crippen molar-refractivity contribution in [2.24, 2.45) is 22.7 Å². The summed E-state index contributed by atoms with van der Waals surface area (Å²) in [5, 5.41) is 9.76. The van der Waals surface area contributed by atoms with Crippen molar-refractivity contribution in [1.29, 1.82) is 0 Å². The van der Waals surface area contributed by atoms with Crippen molar-refractivity contribution >= 4 is 17.6 Å². The number of nitrogens with one attached hydrogen (secondary N) is 3. The van der Waals surface area contributed by atoms with Gasteiger partial charge >= 0.3 is 6.03 Å². The fourth-order valence-electron chi connectivity index (χ4n) is 8.69. The molecule has 0 saturated heterocycles. The molecule has 1 aromatic rings. The van der Waals surface area contributed by atoms with Gasteiger partial charge in [-0.05, 0) is 105 Å². The third kappa shape index (κ3) is 5.52. The van der Waals surface area contributed by atoms with E-state index in [0.717, 1.165) is 68.7 Å². The molecule has 1 aromatic carbocycles. The Bertz CT molecular complexity index is 958. The number of anilines is 1. The molecule has 5 fully saturated rings. The molecule has 7 atom stereocenters. The number of benzene rings is 1. The maximum Gasteiger partial charge on any atom is 0.315 e. The quantitative estimate of drug-likeness (QED) is 0.409. The van der Waals surface area contributed by atoms with E-state index in [4.69, 9.17) is 4.74 Å². The Morgan fingerprint density at radius 3 is 2.36 bits per heavy atom. The van der Waals surface area contributed by atoms with Gasteiger partial charge in [-0.2, -0.15) is 0 Å². The molecule has 6 nitrogen and oxygen atoms in total. The predicted octanol–water partition coefficient (Wildman–Crippen LogP) is 6.41. The van der Waals surface area contributed by atoms with Gasteiger partial charge in [0, 0.05) is 29.6 Å². The van der Waals surface area contributed by atoms with Crippen LogP contribution in [0.5, 0.6) is 5.75 Å². The fourth-order valence-corrected chi connectivity index (χ4v) is 8.69. The maximum atomic E-state index is 13.2. The van der Waals surface area contributed by atoms with Crippen molar-refractivity contribution in [2.75, 3.05) is 5.32 Å². The molecule has 0 aromatic heterocycles. The highest BCUT2D eigenvalue weighted by molar-refractivity contribution is 5.92. The number of rotatable bonds is 7. The van der Waals surface area contributed by atoms with Crippen LogP contribution < -0.4 is 20.7 Å². The standard InChI is InChI=1S/C30H45N3O3/c1-5-20(2)26(34)31-22-9-11-24(12-10-22)36-25-8-6-7-23(13-25)32-27(35)33-30-16-21-14-28(3,18-30)17-29(4,15-21)19-30/h9-12,20-21,23,25H,5-8,13-19H2,1-4H3,(H,31,34)(H2,32,33,35)/t20?,21?,23?,25?,28-,29+,30?. The van der Waals surface area contributed by atoms with Gasteiger partial charge in [-0.15, -0.1) is 0 Å². The van der Waals surface area contributed by atoms with Gasteiger partial charge in [-0.1, -0.05) is 27.7 Å². The average Bonchev–Trinajstić information content (AvgIpc) is 2.77. The fraction of sp³-hybridized carbons (Fsp3) is 0.733. The second-order valence-corrected chi connectivity index (χ2v) is 13.4. The molecule has 4 bridgehead atoms. The second kappa shape index (κ2) is 9.57. The number of hydrogen-bond acceptors (Lipinski definition) is 3. The molecule has 5 aliphatic carbocycles. The Kier molecular flexibility index (Phi) is 6.76. The van der Waals surface area contributed by atoms with Crippen LogP contribution in [-0.4, -0.2) is 29.6 Å². The van der Waals surface area contributed by atoms with Gasteiger partial charge in [-0.25, -0.2) is 4.79 Å². The molecule has 5 unspecified atom stereocenters. The molecule has 3 amide bonds. The van der Waals surface area contributed by atoms with Crippen LogP contribution in [0.1, 0.15) is 98.3 Å². The van der Waals surface area contributed by atoms with Gasteiger partial charge in [-0.3, -0.25) is 4.79 Å². The van der Waals surface area contributed by atoms with Gasteiger partial charge in [0.05, 0.1) is 0 Å². The van der Waals surface area contributed by atoms with Crippen LogP contribution in [0.2, 0.25) is 0 Å². The van der Waals surface area contributed by atoms with Crippen LogP contribution >= 0.6 is 0 Å². The Labute approximate surface area is 216 Å². The summed E-state index contributed by atoms with van der Waals surface area (Å²) in [6, 6.07) is 7.78. The number of urea groups is 1. The lowest BCUT2D eigenvalue weighted by Crippen LogP contribution is -2.66.